The van der Waals surface area contributed by atoms with Crippen LogP contribution in [-0.2, 0) is 18.7 Å². The third-order valence-electron chi connectivity index (χ3n) is 4.70. The zero-order valence-corrected chi connectivity index (χ0v) is 15.6. The second-order valence-corrected chi connectivity index (χ2v) is 12.3. The smallest absolute Gasteiger partial charge is 0.294 e. The Morgan fingerprint density at radius 3 is 2.55 bits per heavy atom. The zero-order chi connectivity index (χ0) is 16.7. The largest absolute Gasteiger partial charge is 0.454 e. The maximum Gasteiger partial charge on any atom is 0.294 e. The van der Waals surface area contributed by atoms with Gasteiger partial charge in [-0.2, -0.15) is 4.99 Å². The van der Waals surface area contributed by atoms with Gasteiger partial charge >= 0.3 is 0 Å². The molecule has 0 bridgehead atoms. The molecule has 0 aromatic heterocycles. The van der Waals surface area contributed by atoms with Gasteiger partial charge in [0.1, 0.15) is 6.10 Å². The Labute approximate surface area is 133 Å². The van der Waals surface area contributed by atoms with Crippen LogP contribution in [0, 0.1) is 0 Å². The highest BCUT2D eigenvalue weighted by Gasteiger charge is 2.53. The molecule has 7 heteroatoms. The predicted octanol–water partition coefficient (Wildman–Crippen LogP) is 2.40. The van der Waals surface area contributed by atoms with Crippen molar-refractivity contribution in [1.82, 2.24) is 5.32 Å². The standard InChI is InChI=1S/C15H28N2O4Si/c1-8-10-11(21-22(6,7)15(3,4)5)12-13(19-10)17-14(20-12)16-9(2)18/h10-13H,8H2,1-7H3,(H,16,17,18)/t10-,11?,12-,13-/m1/s1. The van der Waals surface area contributed by atoms with Crippen LogP contribution in [0.2, 0.25) is 18.1 Å². The first kappa shape index (κ1) is 17.4. The molecule has 6 nitrogen and oxygen atoms in total. The van der Waals surface area contributed by atoms with Crippen LogP contribution in [0.3, 0.4) is 0 Å². The second kappa shape index (κ2) is 5.94. The molecule has 1 fully saturated rings. The molecular weight excluding hydrogens is 300 g/mol. The number of carbonyl (C=O) groups is 1. The van der Waals surface area contributed by atoms with Gasteiger partial charge in [0, 0.05) is 6.92 Å². The van der Waals surface area contributed by atoms with Gasteiger partial charge in [0.05, 0.1) is 6.10 Å². The number of ether oxygens (including phenoxy) is 2. The summed E-state index contributed by atoms with van der Waals surface area (Å²) in [5.41, 5.74) is 0. The molecule has 1 N–H and O–H groups in total. The van der Waals surface area contributed by atoms with E-state index in [1.165, 1.54) is 6.92 Å². The van der Waals surface area contributed by atoms with Crippen LogP contribution in [0.5, 0.6) is 0 Å². The Kier molecular flexibility index (Phi) is 4.71. The zero-order valence-electron chi connectivity index (χ0n) is 14.6. The monoisotopic (exact) mass is 328 g/mol. The van der Waals surface area contributed by atoms with Gasteiger partial charge < -0.3 is 13.9 Å². The van der Waals surface area contributed by atoms with Gasteiger partial charge in [0.2, 0.25) is 5.91 Å². The van der Waals surface area contributed by atoms with Crippen molar-refractivity contribution in [1.29, 1.82) is 0 Å². The fourth-order valence-corrected chi connectivity index (χ4v) is 3.73. The minimum absolute atomic E-state index is 0.0215. The number of nitrogens with zero attached hydrogens (tertiary/aromatic N) is 1. The van der Waals surface area contributed by atoms with Crippen LogP contribution in [0.1, 0.15) is 41.0 Å². The molecule has 2 aliphatic rings. The first-order valence-corrected chi connectivity index (χ1v) is 10.8. The van der Waals surface area contributed by atoms with Gasteiger partial charge in [-0.3, -0.25) is 10.1 Å². The van der Waals surface area contributed by atoms with Gasteiger partial charge in [-0.25, -0.2) is 0 Å². The Morgan fingerprint density at radius 2 is 2.05 bits per heavy atom. The second-order valence-electron chi connectivity index (χ2n) is 7.51. The van der Waals surface area contributed by atoms with E-state index in [-0.39, 0.29) is 41.5 Å². The summed E-state index contributed by atoms with van der Waals surface area (Å²) in [6, 6.07) is 0.237. The number of carbonyl (C=O) groups excluding carboxylic acids is 1. The van der Waals surface area contributed by atoms with Crippen molar-refractivity contribution in [2.45, 2.75) is 83.7 Å². The fraction of sp³-hybridized carbons (Fsp3) is 0.867. The van der Waals surface area contributed by atoms with Crippen LogP contribution >= 0.6 is 0 Å². The van der Waals surface area contributed by atoms with E-state index in [0.717, 1.165) is 6.42 Å². The molecule has 1 saturated heterocycles. The van der Waals surface area contributed by atoms with Crippen LogP contribution in [-0.4, -0.2) is 44.8 Å². The number of hydrogen-bond acceptors (Lipinski definition) is 5. The summed E-state index contributed by atoms with van der Waals surface area (Å²) < 4.78 is 18.3. The Bertz CT molecular complexity index is 473. The number of aliphatic imine (C=N–C) groups is 1. The maximum absolute atomic E-state index is 11.1. The van der Waals surface area contributed by atoms with Gasteiger partial charge in [-0.1, -0.05) is 27.7 Å². The molecular formula is C15H28N2O4Si. The van der Waals surface area contributed by atoms with Crippen molar-refractivity contribution in [3.05, 3.63) is 0 Å². The van der Waals surface area contributed by atoms with E-state index in [1.807, 2.05) is 0 Å². The van der Waals surface area contributed by atoms with Crippen molar-refractivity contribution in [2.75, 3.05) is 0 Å². The normalized spacial score (nSPS) is 31.5. The number of amidine groups is 1. The molecule has 0 spiro atoms. The fourth-order valence-electron chi connectivity index (χ4n) is 2.41. The highest BCUT2D eigenvalue weighted by atomic mass is 28.4. The van der Waals surface area contributed by atoms with Crippen LogP contribution in [0.4, 0.5) is 0 Å². The van der Waals surface area contributed by atoms with Gasteiger partial charge in [-0.15, -0.1) is 0 Å². The molecule has 126 valence electrons. The molecule has 0 aliphatic carbocycles. The number of rotatable bonds is 3. The summed E-state index contributed by atoms with van der Waals surface area (Å²) in [7, 11) is -1.94. The highest BCUT2D eigenvalue weighted by molar-refractivity contribution is 6.74. The van der Waals surface area contributed by atoms with E-state index in [0.29, 0.717) is 0 Å². The van der Waals surface area contributed by atoms with E-state index in [2.05, 4.69) is 51.1 Å². The van der Waals surface area contributed by atoms with Gasteiger partial charge in [-0.05, 0) is 24.6 Å². The van der Waals surface area contributed by atoms with Crippen LogP contribution in [0.25, 0.3) is 0 Å². The third-order valence-corrected chi connectivity index (χ3v) is 9.17. The third kappa shape index (κ3) is 3.36. The molecule has 2 aliphatic heterocycles. The van der Waals surface area contributed by atoms with E-state index in [4.69, 9.17) is 13.9 Å². The number of nitrogens with one attached hydrogen (secondary N) is 1. The topological polar surface area (TPSA) is 69.2 Å². The molecule has 1 amide bonds. The summed E-state index contributed by atoms with van der Waals surface area (Å²) >= 11 is 0. The average Bonchev–Trinajstić information content (AvgIpc) is 2.85. The van der Waals surface area contributed by atoms with E-state index < -0.39 is 8.32 Å². The minimum Gasteiger partial charge on any atom is -0.454 e. The predicted molar refractivity (Wildman–Crippen MR) is 87.1 cm³/mol. The SMILES string of the molecule is CC[C@H]1O[C@H]2N=C(NC(C)=O)O[C@@H]2C1O[Si](C)(C)C(C)(C)C. The molecule has 1 unspecified atom stereocenters. The summed E-state index contributed by atoms with van der Waals surface area (Å²) in [6.07, 6.45) is 0.0147. The van der Waals surface area contributed by atoms with Crippen molar-refractivity contribution < 1.29 is 18.7 Å². The van der Waals surface area contributed by atoms with Crippen LogP contribution < -0.4 is 5.32 Å². The molecule has 0 aromatic carbocycles. The summed E-state index contributed by atoms with van der Waals surface area (Å²) in [5.74, 6) is -0.201. The van der Waals surface area contributed by atoms with Crippen molar-refractivity contribution >= 4 is 20.2 Å². The summed E-state index contributed by atoms with van der Waals surface area (Å²) in [4.78, 5) is 15.5. The first-order chi connectivity index (χ1) is 10.0. The van der Waals surface area contributed by atoms with Crippen LogP contribution in [0.15, 0.2) is 4.99 Å². The van der Waals surface area contributed by atoms with Crippen molar-refractivity contribution in [2.24, 2.45) is 4.99 Å². The summed E-state index contributed by atoms with van der Waals surface area (Å²) in [6.45, 7) is 14.6. The average molecular weight is 328 g/mol. The van der Waals surface area contributed by atoms with E-state index in [1.54, 1.807) is 0 Å². The number of amides is 1. The lowest BCUT2D eigenvalue weighted by Gasteiger charge is -2.40. The lowest BCUT2D eigenvalue weighted by atomic mass is 10.1. The molecule has 4 atom stereocenters. The maximum atomic E-state index is 11.1. The minimum atomic E-state index is -1.94. The lowest BCUT2D eigenvalue weighted by molar-refractivity contribution is -0.118. The molecule has 2 heterocycles. The van der Waals surface area contributed by atoms with E-state index in [9.17, 15) is 4.79 Å². The Balaban J connectivity index is 2.13. The number of fused-ring (bicyclic) bond motifs is 1. The van der Waals surface area contributed by atoms with Crippen molar-refractivity contribution in [3.8, 4) is 0 Å². The number of hydrogen-bond donors (Lipinski definition) is 1. The molecule has 22 heavy (non-hydrogen) atoms. The summed E-state index contributed by atoms with van der Waals surface area (Å²) in [5, 5.41) is 2.70. The molecule has 0 radical (unpaired) electrons. The lowest BCUT2D eigenvalue weighted by Crippen LogP contribution is -2.49. The Hall–Kier alpha value is -0.923. The Morgan fingerprint density at radius 1 is 1.41 bits per heavy atom. The van der Waals surface area contributed by atoms with Gasteiger partial charge in [0.25, 0.3) is 6.02 Å². The molecule has 2 rings (SSSR count). The first-order valence-electron chi connectivity index (χ1n) is 7.90. The van der Waals surface area contributed by atoms with E-state index >= 15 is 0 Å². The highest BCUT2D eigenvalue weighted by Crippen LogP contribution is 2.41. The molecule has 0 saturated carbocycles. The molecule has 0 aromatic rings. The quantitative estimate of drug-likeness (QED) is 0.808. The van der Waals surface area contributed by atoms with Crippen molar-refractivity contribution in [3.63, 3.8) is 0 Å². The van der Waals surface area contributed by atoms with Gasteiger partial charge in [0.15, 0.2) is 20.6 Å².